The van der Waals surface area contributed by atoms with Gasteiger partial charge in [0.25, 0.3) is 0 Å². The van der Waals surface area contributed by atoms with E-state index in [0.717, 1.165) is 29.2 Å². The molecule has 2 rings (SSSR count). The van der Waals surface area contributed by atoms with Crippen LogP contribution in [0, 0.1) is 6.42 Å². The molecule has 3 heteroatoms. The average molecular weight is 261 g/mol. The predicted octanol–water partition coefficient (Wildman–Crippen LogP) is 3.51. The first-order valence-corrected chi connectivity index (χ1v) is 6.87. The number of fused-ring (bicyclic) bond motifs is 1. The standard InChI is InChI=1S/C16H21O3/c1-4-17-13-8-7-12-9-14(18-5-2)11-16(19-6-3)15(12)10-13/h7-9,11H,4-6,10H2,1-3H3. The van der Waals surface area contributed by atoms with Gasteiger partial charge in [-0.05, 0) is 38.5 Å². The van der Waals surface area contributed by atoms with Gasteiger partial charge < -0.3 is 14.2 Å². The summed E-state index contributed by atoms with van der Waals surface area (Å²) in [4.78, 5) is 0. The Kier molecular flexibility index (Phi) is 4.72. The molecule has 0 saturated heterocycles. The number of benzene rings is 1. The van der Waals surface area contributed by atoms with Crippen LogP contribution in [0.15, 0.2) is 24.0 Å². The van der Waals surface area contributed by atoms with Crippen LogP contribution in [0.4, 0.5) is 0 Å². The lowest BCUT2D eigenvalue weighted by Gasteiger charge is -2.21. The molecule has 0 fully saturated rings. The molecule has 1 aromatic rings. The van der Waals surface area contributed by atoms with Gasteiger partial charge in [-0.25, -0.2) is 0 Å². The molecule has 19 heavy (non-hydrogen) atoms. The van der Waals surface area contributed by atoms with Gasteiger partial charge in [-0.1, -0.05) is 0 Å². The Labute approximate surface area is 115 Å². The van der Waals surface area contributed by atoms with Crippen LogP contribution in [0.1, 0.15) is 31.9 Å². The van der Waals surface area contributed by atoms with Crippen molar-refractivity contribution < 1.29 is 14.2 Å². The predicted molar refractivity (Wildman–Crippen MR) is 75.6 cm³/mol. The lowest BCUT2D eigenvalue weighted by Crippen LogP contribution is -2.08. The normalized spacial score (nSPS) is 13.5. The highest BCUT2D eigenvalue weighted by atomic mass is 16.5. The second-order valence-corrected chi connectivity index (χ2v) is 4.26. The Morgan fingerprint density at radius 1 is 0.947 bits per heavy atom. The maximum Gasteiger partial charge on any atom is 0.126 e. The van der Waals surface area contributed by atoms with Gasteiger partial charge in [0.2, 0.25) is 0 Å². The summed E-state index contributed by atoms with van der Waals surface area (Å²) in [7, 11) is 0. The van der Waals surface area contributed by atoms with Crippen molar-refractivity contribution in [2.75, 3.05) is 19.8 Å². The molecule has 1 aliphatic carbocycles. The van der Waals surface area contributed by atoms with Crippen LogP contribution >= 0.6 is 0 Å². The SMILES string of the molecule is CCOC1=C[CH]c2cc(OCC)cc(OCC)c2C1. The Balaban J connectivity index is 2.30. The zero-order valence-electron chi connectivity index (χ0n) is 11.9. The third-order valence-corrected chi connectivity index (χ3v) is 2.96. The number of hydrogen-bond acceptors (Lipinski definition) is 3. The second-order valence-electron chi connectivity index (χ2n) is 4.26. The van der Waals surface area contributed by atoms with Crippen molar-refractivity contribution in [1.29, 1.82) is 0 Å². The molecule has 0 amide bonds. The van der Waals surface area contributed by atoms with Crippen LogP contribution in [-0.2, 0) is 11.2 Å². The minimum absolute atomic E-state index is 0.649. The summed E-state index contributed by atoms with van der Waals surface area (Å²) in [6, 6.07) is 4.02. The van der Waals surface area contributed by atoms with Crippen molar-refractivity contribution in [1.82, 2.24) is 0 Å². The van der Waals surface area contributed by atoms with Crippen LogP contribution in [-0.4, -0.2) is 19.8 Å². The fourth-order valence-electron chi connectivity index (χ4n) is 2.21. The van der Waals surface area contributed by atoms with Gasteiger partial charge >= 0.3 is 0 Å². The molecule has 1 aromatic carbocycles. The van der Waals surface area contributed by atoms with E-state index in [1.807, 2.05) is 32.9 Å². The van der Waals surface area contributed by atoms with Gasteiger partial charge in [0.1, 0.15) is 11.5 Å². The van der Waals surface area contributed by atoms with E-state index in [-0.39, 0.29) is 0 Å². The summed E-state index contributed by atoms with van der Waals surface area (Å²) < 4.78 is 16.9. The van der Waals surface area contributed by atoms with Crippen LogP contribution in [0.3, 0.4) is 0 Å². The highest BCUT2D eigenvalue weighted by Crippen LogP contribution is 2.35. The Morgan fingerprint density at radius 3 is 2.37 bits per heavy atom. The van der Waals surface area contributed by atoms with Crippen molar-refractivity contribution in [2.45, 2.75) is 27.2 Å². The molecule has 0 bridgehead atoms. The topological polar surface area (TPSA) is 27.7 Å². The molecule has 0 saturated carbocycles. The largest absolute Gasteiger partial charge is 0.498 e. The quantitative estimate of drug-likeness (QED) is 0.784. The van der Waals surface area contributed by atoms with Gasteiger partial charge in [-0.15, -0.1) is 0 Å². The number of allylic oxidation sites excluding steroid dienone is 2. The molecule has 1 aliphatic rings. The number of ether oxygens (including phenoxy) is 3. The van der Waals surface area contributed by atoms with E-state index in [0.29, 0.717) is 19.8 Å². The first kappa shape index (κ1) is 13.8. The third kappa shape index (κ3) is 3.22. The number of rotatable bonds is 6. The Morgan fingerprint density at radius 2 is 1.68 bits per heavy atom. The van der Waals surface area contributed by atoms with E-state index in [1.165, 1.54) is 5.56 Å². The van der Waals surface area contributed by atoms with E-state index in [1.54, 1.807) is 0 Å². The van der Waals surface area contributed by atoms with Crippen molar-refractivity contribution in [2.24, 2.45) is 0 Å². The number of hydrogen-bond donors (Lipinski definition) is 0. The van der Waals surface area contributed by atoms with Crippen molar-refractivity contribution in [3.8, 4) is 11.5 Å². The van der Waals surface area contributed by atoms with Gasteiger partial charge in [-0.2, -0.15) is 0 Å². The summed E-state index contributed by atoms with van der Waals surface area (Å²) in [5.74, 6) is 2.74. The van der Waals surface area contributed by atoms with E-state index in [4.69, 9.17) is 14.2 Å². The fraction of sp³-hybridized carbons (Fsp3) is 0.438. The molecule has 103 valence electrons. The lowest BCUT2D eigenvalue weighted by molar-refractivity contribution is 0.220. The van der Waals surface area contributed by atoms with E-state index in [2.05, 4.69) is 12.5 Å². The van der Waals surface area contributed by atoms with E-state index in [9.17, 15) is 0 Å². The van der Waals surface area contributed by atoms with Gasteiger partial charge in [0, 0.05) is 24.5 Å². The third-order valence-electron chi connectivity index (χ3n) is 2.96. The van der Waals surface area contributed by atoms with E-state index >= 15 is 0 Å². The smallest absolute Gasteiger partial charge is 0.126 e. The molecule has 1 radical (unpaired) electrons. The van der Waals surface area contributed by atoms with Crippen LogP contribution in [0.25, 0.3) is 0 Å². The molecule has 0 aliphatic heterocycles. The maximum atomic E-state index is 5.73. The average Bonchev–Trinajstić information content (AvgIpc) is 2.40. The van der Waals surface area contributed by atoms with Crippen molar-refractivity contribution in [3.05, 3.63) is 41.5 Å². The summed E-state index contributed by atoms with van der Waals surface area (Å²) in [5.41, 5.74) is 2.33. The van der Waals surface area contributed by atoms with Crippen LogP contribution in [0.5, 0.6) is 11.5 Å². The van der Waals surface area contributed by atoms with Gasteiger partial charge in [0.15, 0.2) is 0 Å². The summed E-state index contributed by atoms with van der Waals surface area (Å²) in [5, 5.41) is 0. The molecule has 0 heterocycles. The summed E-state index contributed by atoms with van der Waals surface area (Å²) in [6.07, 6.45) is 4.87. The van der Waals surface area contributed by atoms with Gasteiger partial charge in [-0.3, -0.25) is 0 Å². The highest BCUT2D eigenvalue weighted by molar-refractivity contribution is 5.54. The molecule has 0 aromatic heterocycles. The minimum atomic E-state index is 0.649. The first-order valence-electron chi connectivity index (χ1n) is 6.87. The molecule has 0 unspecified atom stereocenters. The minimum Gasteiger partial charge on any atom is -0.498 e. The van der Waals surface area contributed by atoms with Gasteiger partial charge in [0.05, 0.1) is 25.6 Å². The summed E-state index contributed by atoms with van der Waals surface area (Å²) in [6.45, 7) is 7.97. The first-order chi connectivity index (χ1) is 9.28. The molecule has 3 nitrogen and oxygen atoms in total. The Hall–Kier alpha value is -1.64. The molecular weight excluding hydrogens is 240 g/mol. The fourth-order valence-corrected chi connectivity index (χ4v) is 2.21. The van der Waals surface area contributed by atoms with Crippen LogP contribution < -0.4 is 9.47 Å². The maximum absolute atomic E-state index is 5.73. The monoisotopic (exact) mass is 261 g/mol. The van der Waals surface area contributed by atoms with Crippen molar-refractivity contribution in [3.63, 3.8) is 0 Å². The second kappa shape index (κ2) is 6.50. The van der Waals surface area contributed by atoms with Crippen molar-refractivity contribution >= 4 is 0 Å². The lowest BCUT2D eigenvalue weighted by atomic mass is 9.94. The zero-order valence-corrected chi connectivity index (χ0v) is 11.9. The zero-order chi connectivity index (χ0) is 13.7. The molecule has 0 atom stereocenters. The summed E-state index contributed by atoms with van der Waals surface area (Å²) >= 11 is 0. The highest BCUT2D eigenvalue weighted by Gasteiger charge is 2.18. The van der Waals surface area contributed by atoms with E-state index < -0.39 is 0 Å². The Bertz CT molecular complexity index is 463. The molecular formula is C16H21O3. The van der Waals surface area contributed by atoms with Crippen LogP contribution in [0.2, 0.25) is 0 Å². The molecule has 0 spiro atoms. The molecule has 0 N–H and O–H groups in total.